The van der Waals surface area contributed by atoms with Gasteiger partial charge in [-0.05, 0) is 12.1 Å². The van der Waals surface area contributed by atoms with Crippen LogP contribution >= 0.6 is 34.0 Å². The van der Waals surface area contributed by atoms with Crippen molar-refractivity contribution in [1.82, 2.24) is 0 Å². The Morgan fingerprint density at radius 3 is 2.69 bits per heavy atom. The van der Waals surface area contributed by atoms with Crippen molar-refractivity contribution >= 4 is 43.1 Å². The molecule has 0 N–H and O–H groups in total. The summed E-state index contributed by atoms with van der Waals surface area (Å²) in [4.78, 5) is 0.662. The van der Waals surface area contributed by atoms with Gasteiger partial charge in [-0.1, -0.05) is 17.7 Å². The first kappa shape index (κ1) is 13.7. The lowest BCUT2D eigenvalue weighted by atomic mass is 10.2. The molecular weight excluding hydrogens is 289 g/mol. The third-order valence-electron chi connectivity index (χ3n) is 1.67. The Balaban J connectivity index is 2.76. The molecular formula is C9H7Cl2NO2S2. The van der Waals surface area contributed by atoms with Gasteiger partial charge in [-0.25, -0.2) is 8.42 Å². The monoisotopic (exact) mass is 295 g/mol. The van der Waals surface area contributed by atoms with Crippen molar-refractivity contribution in [2.45, 2.75) is 4.90 Å². The zero-order chi connectivity index (χ0) is 12.2. The van der Waals surface area contributed by atoms with Gasteiger partial charge >= 0.3 is 0 Å². The number of benzene rings is 1. The number of thioether (sulfide) groups is 1. The van der Waals surface area contributed by atoms with Crippen molar-refractivity contribution < 1.29 is 8.42 Å². The van der Waals surface area contributed by atoms with Crippen LogP contribution in [-0.4, -0.2) is 19.9 Å². The topological polar surface area (TPSA) is 57.9 Å². The van der Waals surface area contributed by atoms with Gasteiger partial charge in [-0.15, -0.1) is 11.8 Å². The highest BCUT2D eigenvalue weighted by Gasteiger charge is 2.09. The summed E-state index contributed by atoms with van der Waals surface area (Å²) in [6, 6.07) is 7.02. The number of nitrogens with zero attached hydrogens (tertiary/aromatic N) is 1. The maximum Gasteiger partial charge on any atom is 0.233 e. The van der Waals surface area contributed by atoms with E-state index in [1.54, 1.807) is 18.2 Å². The maximum atomic E-state index is 10.7. The van der Waals surface area contributed by atoms with Gasteiger partial charge in [0, 0.05) is 21.3 Å². The number of rotatable bonds is 4. The van der Waals surface area contributed by atoms with E-state index < -0.39 is 9.05 Å². The molecule has 1 aromatic rings. The van der Waals surface area contributed by atoms with Crippen molar-refractivity contribution in [3.63, 3.8) is 0 Å². The summed E-state index contributed by atoms with van der Waals surface area (Å²) in [7, 11) is 1.58. The fourth-order valence-electron chi connectivity index (χ4n) is 0.984. The number of halogens is 2. The lowest BCUT2D eigenvalue weighted by Gasteiger charge is -2.03. The summed E-state index contributed by atoms with van der Waals surface area (Å²) in [6.45, 7) is 0. The maximum absolute atomic E-state index is 10.7. The largest absolute Gasteiger partial charge is 0.233 e. The Kier molecular flexibility index (Phi) is 4.93. The Bertz CT molecular complexity index is 523. The molecule has 0 saturated carbocycles. The van der Waals surface area contributed by atoms with Crippen LogP contribution in [0.15, 0.2) is 23.1 Å². The normalized spacial score (nSPS) is 11.1. The first-order valence-electron chi connectivity index (χ1n) is 4.18. The van der Waals surface area contributed by atoms with E-state index in [-0.39, 0.29) is 5.75 Å². The standard InChI is InChI=1S/C9H7Cl2NO2S2/c10-8-2-1-3-9(7(8)6-12)15-4-5-16(11,13)14/h1-3H,4-5H2. The zero-order valence-electron chi connectivity index (χ0n) is 7.98. The van der Waals surface area contributed by atoms with Gasteiger partial charge in [0.15, 0.2) is 0 Å². The number of hydrogen-bond acceptors (Lipinski definition) is 4. The molecule has 0 saturated heterocycles. The third kappa shape index (κ3) is 4.22. The van der Waals surface area contributed by atoms with Gasteiger partial charge in [-0.3, -0.25) is 0 Å². The van der Waals surface area contributed by atoms with Gasteiger partial charge in [-0.2, -0.15) is 5.26 Å². The van der Waals surface area contributed by atoms with Crippen LogP contribution in [0.4, 0.5) is 0 Å². The molecule has 0 bridgehead atoms. The predicted octanol–water partition coefficient (Wildman–Crippen LogP) is 2.87. The van der Waals surface area contributed by atoms with Crippen LogP contribution in [0.25, 0.3) is 0 Å². The highest BCUT2D eigenvalue weighted by Crippen LogP contribution is 2.27. The van der Waals surface area contributed by atoms with E-state index in [2.05, 4.69) is 0 Å². The first-order chi connectivity index (χ1) is 7.44. The molecule has 0 aromatic heterocycles. The second-order valence-electron chi connectivity index (χ2n) is 2.82. The molecule has 1 aromatic carbocycles. The molecule has 0 atom stereocenters. The molecule has 0 unspecified atom stereocenters. The van der Waals surface area contributed by atoms with Gasteiger partial charge in [0.05, 0.1) is 16.3 Å². The molecule has 3 nitrogen and oxygen atoms in total. The quantitative estimate of drug-likeness (QED) is 0.633. The molecule has 0 spiro atoms. The molecule has 7 heteroatoms. The van der Waals surface area contributed by atoms with E-state index in [9.17, 15) is 8.42 Å². The number of nitriles is 1. The van der Waals surface area contributed by atoms with Gasteiger partial charge in [0.2, 0.25) is 9.05 Å². The van der Waals surface area contributed by atoms with Crippen LogP contribution in [0.2, 0.25) is 5.02 Å². The van der Waals surface area contributed by atoms with E-state index in [4.69, 9.17) is 27.5 Å². The number of hydrogen-bond donors (Lipinski definition) is 0. The van der Waals surface area contributed by atoms with Crippen LogP contribution < -0.4 is 0 Å². The first-order valence-corrected chi connectivity index (χ1v) is 8.02. The van der Waals surface area contributed by atoms with Crippen molar-refractivity contribution in [1.29, 1.82) is 5.26 Å². The van der Waals surface area contributed by atoms with E-state index >= 15 is 0 Å². The van der Waals surface area contributed by atoms with Crippen molar-refractivity contribution in [2.75, 3.05) is 11.5 Å². The van der Waals surface area contributed by atoms with Crippen LogP contribution in [0, 0.1) is 11.3 Å². The van der Waals surface area contributed by atoms with Gasteiger partial charge in [0.25, 0.3) is 0 Å². The minimum atomic E-state index is -3.49. The Labute approximate surface area is 108 Å². The summed E-state index contributed by atoms with van der Waals surface area (Å²) in [6.07, 6.45) is 0. The average Bonchev–Trinajstić information content (AvgIpc) is 2.16. The van der Waals surface area contributed by atoms with E-state index in [1.807, 2.05) is 6.07 Å². The van der Waals surface area contributed by atoms with E-state index in [1.165, 1.54) is 11.8 Å². The predicted molar refractivity (Wildman–Crippen MR) is 66.5 cm³/mol. The molecule has 0 aliphatic carbocycles. The summed E-state index contributed by atoms with van der Waals surface area (Å²) < 4.78 is 21.4. The second kappa shape index (κ2) is 5.78. The lowest BCUT2D eigenvalue weighted by Crippen LogP contribution is -1.99. The molecule has 0 amide bonds. The fourth-order valence-corrected chi connectivity index (χ4v) is 3.65. The van der Waals surface area contributed by atoms with Crippen LogP contribution in [0.5, 0.6) is 0 Å². The lowest BCUT2D eigenvalue weighted by molar-refractivity contribution is 0.611. The summed E-state index contributed by atoms with van der Waals surface area (Å²) in [5, 5.41) is 9.23. The zero-order valence-corrected chi connectivity index (χ0v) is 11.1. The Hall–Kier alpha value is -0.410. The summed E-state index contributed by atoms with van der Waals surface area (Å²) in [5.41, 5.74) is 0.362. The van der Waals surface area contributed by atoms with Crippen LogP contribution in [-0.2, 0) is 9.05 Å². The smallest absolute Gasteiger partial charge is 0.212 e. The Morgan fingerprint density at radius 1 is 1.44 bits per heavy atom. The Morgan fingerprint density at radius 2 is 2.12 bits per heavy atom. The van der Waals surface area contributed by atoms with Gasteiger partial charge in [0.1, 0.15) is 6.07 Å². The summed E-state index contributed by atoms with van der Waals surface area (Å²) >= 11 is 7.06. The van der Waals surface area contributed by atoms with Gasteiger partial charge < -0.3 is 0 Å². The molecule has 0 aliphatic rings. The van der Waals surface area contributed by atoms with Crippen molar-refractivity contribution in [3.05, 3.63) is 28.8 Å². The minimum Gasteiger partial charge on any atom is -0.212 e. The SMILES string of the molecule is N#Cc1c(Cl)cccc1SCCS(=O)(=O)Cl. The molecule has 0 fully saturated rings. The summed E-state index contributed by atoms with van der Waals surface area (Å²) in [5.74, 6) is 0.150. The van der Waals surface area contributed by atoms with E-state index in [0.717, 1.165) is 0 Å². The minimum absolute atomic E-state index is 0.142. The average molecular weight is 296 g/mol. The van der Waals surface area contributed by atoms with Crippen LogP contribution in [0.3, 0.4) is 0 Å². The molecule has 1 rings (SSSR count). The van der Waals surface area contributed by atoms with Crippen molar-refractivity contribution in [3.8, 4) is 6.07 Å². The molecule has 86 valence electrons. The molecule has 0 radical (unpaired) electrons. The van der Waals surface area contributed by atoms with Crippen LogP contribution in [0.1, 0.15) is 5.56 Å². The fraction of sp³-hybridized carbons (Fsp3) is 0.222. The van der Waals surface area contributed by atoms with E-state index in [0.29, 0.717) is 21.2 Å². The highest BCUT2D eigenvalue weighted by atomic mass is 35.7. The highest BCUT2D eigenvalue weighted by molar-refractivity contribution is 8.14. The van der Waals surface area contributed by atoms with Crippen molar-refractivity contribution in [2.24, 2.45) is 0 Å². The molecule has 16 heavy (non-hydrogen) atoms. The molecule has 0 aliphatic heterocycles. The molecule has 0 heterocycles. The third-order valence-corrected chi connectivity index (χ3v) is 4.46. The second-order valence-corrected chi connectivity index (χ2v) is 7.26.